The summed E-state index contributed by atoms with van der Waals surface area (Å²) in [6.07, 6.45) is 2.17. The van der Waals surface area contributed by atoms with Gasteiger partial charge in [0.05, 0.1) is 24.2 Å². The summed E-state index contributed by atoms with van der Waals surface area (Å²) in [6.45, 7) is 8.23. The van der Waals surface area contributed by atoms with Gasteiger partial charge in [-0.2, -0.15) is 4.31 Å². The van der Waals surface area contributed by atoms with Crippen LogP contribution in [0.25, 0.3) is 0 Å². The smallest absolute Gasteiger partial charge is 0.243 e. The number of carbonyl (C=O) groups is 1. The molecule has 0 bridgehead atoms. The quantitative estimate of drug-likeness (QED) is 0.729. The maximum Gasteiger partial charge on any atom is 0.243 e. The molecule has 1 atom stereocenters. The number of methoxy groups -OCH3 is 1. The molecule has 0 radical (unpaired) electrons. The minimum atomic E-state index is -3.57. The molecule has 1 heterocycles. The monoisotopic (exact) mass is 397 g/mol. The normalized spacial score (nSPS) is 17.8. The number of hydrogen-bond acceptors (Lipinski definition) is 5. The largest absolute Gasteiger partial charge is 0.495 e. The van der Waals surface area contributed by atoms with E-state index in [2.05, 4.69) is 12.2 Å². The summed E-state index contributed by atoms with van der Waals surface area (Å²) in [4.78, 5) is 14.5. The highest BCUT2D eigenvalue weighted by Crippen LogP contribution is 2.29. The van der Waals surface area contributed by atoms with Crippen molar-refractivity contribution in [1.29, 1.82) is 0 Å². The van der Waals surface area contributed by atoms with Crippen LogP contribution in [0.2, 0.25) is 0 Å². The summed E-state index contributed by atoms with van der Waals surface area (Å²) in [6, 6.07) is 4.69. The molecule has 1 aliphatic rings. The lowest BCUT2D eigenvalue weighted by molar-refractivity contribution is -0.130. The van der Waals surface area contributed by atoms with Gasteiger partial charge < -0.3 is 15.0 Å². The van der Waals surface area contributed by atoms with E-state index >= 15 is 0 Å². The third-order valence-electron chi connectivity index (χ3n) is 4.95. The Labute approximate surface area is 162 Å². The molecule has 27 heavy (non-hydrogen) atoms. The molecule has 1 fully saturated rings. The highest BCUT2D eigenvalue weighted by molar-refractivity contribution is 7.89. The van der Waals surface area contributed by atoms with Crippen molar-refractivity contribution in [3.63, 3.8) is 0 Å². The van der Waals surface area contributed by atoms with Crippen molar-refractivity contribution >= 4 is 21.6 Å². The van der Waals surface area contributed by atoms with Gasteiger partial charge in [0.2, 0.25) is 15.9 Å². The lowest BCUT2D eigenvalue weighted by Crippen LogP contribution is -2.42. The second-order valence-corrected chi connectivity index (χ2v) is 8.83. The summed E-state index contributed by atoms with van der Waals surface area (Å²) in [5, 5.41) is 3.06. The number of hydrogen-bond donors (Lipinski definition) is 1. The van der Waals surface area contributed by atoms with Gasteiger partial charge in [0.1, 0.15) is 5.75 Å². The van der Waals surface area contributed by atoms with Crippen molar-refractivity contribution in [3.8, 4) is 5.75 Å². The van der Waals surface area contributed by atoms with Gasteiger partial charge in [-0.1, -0.05) is 20.8 Å². The van der Waals surface area contributed by atoms with E-state index < -0.39 is 10.0 Å². The van der Waals surface area contributed by atoms with E-state index in [1.54, 1.807) is 12.1 Å². The van der Waals surface area contributed by atoms with Crippen LogP contribution in [-0.2, 0) is 14.8 Å². The molecule has 1 unspecified atom stereocenters. The van der Waals surface area contributed by atoms with E-state index in [0.717, 1.165) is 25.9 Å². The fourth-order valence-corrected chi connectivity index (χ4v) is 4.88. The van der Waals surface area contributed by atoms with Crippen molar-refractivity contribution in [2.24, 2.45) is 5.92 Å². The van der Waals surface area contributed by atoms with Crippen molar-refractivity contribution in [3.05, 3.63) is 18.2 Å². The molecule has 7 nitrogen and oxygen atoms in total. The lowest BCUT2D eigenvalue weighted by Gasteiger charge is -2.31. The number of rotatable bonds is 8. The number of anilines is 1. The maximum atomic E-state index is 12.8. The molecule has 0 aromatic heterocycles. The second-order valence-electron chi connectivity index (χ2n) is 6.89. The van der Waals surface area contributed by atoms with E-state index in [4.69, 9.17) is 4.74 Å². The van der Waals surface area contributed by atoms with Crippen LogP contribution in [0, 0.1) is 5.92 Å². The van der Waals surface area contributed by atoms with Crippen LogP contribution in [0.5, 0.6) is 5.75 Å². The van der Waals surface area contributed by atoms with E-state index in [9.17, 15) is 13.2 Å². The van der Waals surface area contributed by atoms with Crippen LogP contribution in [0.15, 0.2) is 23.1 Å². The van der Waals surface area contributed by atoms with Gasteiger partial charge in [-0.15, -0.1) is 0 Å². The van der Waals surface area contributed by atoms with Crippen LogP contribution >= 0.6 is 0 Å². The zero-order valence-electron chi connectivity index (χ0n) is 16.7. The molecule has 1 saturated heterocycles. The minimum Gasteiger partial charge on any atom is -0.495 e. The van der Waals surface area contributed by atoms with E-state index in [0.29, 0.717) is 30.4 Å². The van der Waals surface area contributed by atoms with Gasteiger partial charge in [0.15, 0.2) is 0 Å². The minimum absolute atomic E-state index is 0.0145. The molecule has 1 aromatic rings. The summed E-state index contributed by atoms with van der Waals surface area (Å²) < 4.78 is 32.2. The number of sulfonamides is 1. The molecule has 8 heteroatoms. The molecule has 152 valence electrons. The van der Waals surface area contributed by atoms with Gasteiger partial charge in [-0.05, 0) is 37.0 Å². The first-order chi connectivity index (χ1) is 12.8. The summed E-state index contributed by atoms with van der Waals surface area (Å²) in [7, 11) is -2.05. The van der Waals surface area contributed by atoms with Crippen LogP contribution in [0.4, 0.5) is 5.69 Å². The number of benzene rings is 1. The third kappa shape index (κ3) is 5.13. The fourth-order valence-electron chi connectivity index (χ4n) is 3.40. The number of carbonyl (C=O) groups excluding carboxylic acids is 1. The van der Waals surface area contributed by atoms with Crippen LogP contribution in [-0.4, -0.2) is 63.4 Å². The van der Waals surface area contributed by atoms with Crippen molar-refractivity contribution in [2.75, 3.05) is 45.2 Å². The van der Waals surface area contributed by atoms with Crippen LogP contribution in [0.3, 0.4) is 0 Å². The molecule has 0 aliphatic carbocycles. The Bertz CT molecular complexity index is 747. The first-order valence-corrected chi connectivity index (χ1v) is 11.0. The van der Waals surface area contributed by atoms with Gasteiger partial charge in [-0.25, -0.2) is 8.42 Å². The lowest BCUT2D eigenvalue weighted by atomic mass is 10.0. The Morgan fingerprint density at radius 3 is 2.63 bits per heavy atom. The van der Waals surface area contributed by atoms with E-state index in [-0.39, 0.29) is 17.3 Å². The van der Waals surface area contributed by atoms with Gasteiger partial charge >= 0.3 is 0 Å². The van der Waals surface area contributed by atoms with Crippen molar-refractivity contribution in [2.45, 2.75) is 38.5 Å². The topological polar surface area (TPSA) is 79.0 Å². The highest BCUT2D eigenvalue weighted by atomic mass is 32.2. The second kappa shape index (κ2) is 9.41. The fraction of sp³-hybridized carbons (Fsp3) is 0.632. The SMILES string of the molecule is CCN(CC)S(=O)(=O)c1ccc(OC)c(NCC(=O)N2CCCC(C)C2)c1. The maximum absolute atomic E-state index is 12.8. The van der Waals surface area contributed by atoms with E-state index in [1.165, 1.54) is 17.5 Å². The number of amides is 1. The Hall–Kier alpha value is -1.80. The number of likely N-dealkylation sites (tertiary alicyclic amines) is 1. The molecular formula is C19H31N3O4S. The summed E-state index contributed by atoms with van der Waals surface area (Å²) in [5.41, 5.74) is 0.504. The zero-order chi connectivity index (χ0) is 20.0. The molecule has 1 amide bonds. The van der Waals surface area contributed by atoms with Gasteiger partial charge in [-0.3, -0.25) is 4.79 Å². The summed E-state index contributed by atoms with van der Waals surface area (Å²) in [5.74, 6) is 1.04. The molecule has 1 N–H and O–H groups in total. The highest BCUT2D eigenvalue weighted by Gasteiger charge is 2.24. The molecule has 1 aliphatic heterocycles. The average molecular weight is 398 g/mol. The zero-order valence-corrected chi connectivity index (χ0v) is 17.5. The van der Waals surface area contributed by atoms with Gasteiger partial charge in [0.25, 0.3) is 0 Å². The predicted molar refractivity (Wildman–Crippen MR) is 107 cm³/mol. The molecule has 0 spiro atoms. The number of ether oxygens (including phenoxy) is 1. The third-order valence-corrected chi connectivity index (χ3v) is 7.00. The molecular weight excluding hydrogens is 366 g/mol. The Morgan fingerprint density at radius 2 is 2.04 bits per heavy atom. The first-order valence-electron chi connectivity index (χ1n) is 9.53. The number of nitrogens with zero attached hydrogens (tertiary/aromatic N) is 2. The van der Waals surface area contributed by atoms with E-state index in [1.807, 2.05) is 18.7 Å². The summed E-state index contributed by atoms with van der Waals surface area (Å²) >= 11 is 0. The number of nitrogens with one attached hydrogen (secondary N) is 1. The van der Waals surface area contributed by atoms with Crippen molar-refractivity contribution in [1.82, 2.24) is 9.21 Å². The number of piperidine rings is 1. The predicted octanol–water partition coefficient (Wildman–Crippen LogP) is 2.40. The van der Waals surface area contributed by atoms with Crippen LogP contribution in [0.1, 0.15) is 33.6 Å². The molecule has 0 saturated carbocycles. The van der Waals surface area contributed by atoms with Gasteiger partial charge in [0, 0.05) is 26.2 Å². The average Bonchev–Trinajstić information content (AvgIpc) is 2.66. The first kappa shape index (κ1) is 21.5. The Kier molecular flexibility index (Phi) is 7.49. The molecule has 1 aromatic carbocycles. The Balaban J connectivity index is 2.17. The van der Waals surface area contributed by atoms with Crippen molar-refractivity contribution < 1.29 is 17.9 Å². The van der Waals surface area contributed by atoms with Crippen LogP contribution < -0.4 is 10.1 Å². The molecule has 2 rings (SSSR count). The standard InChI is InChI=1S/C19H31N3O4S/c1-5-22(6-2)27(24,25)16-9-10-18(26-4)17(12-16)20-13-19(23)21-11-7-8-15(3)14-21/h9-10,12,15,20H,5-8,11,13-14H2,1-4H3. The Morgan fingerprint density at radius 1 is 1.33 bits per heavy atom.